The number of piperazine rings is 1. The normalized spacial score (nSPS) is 16.4. The van der Waals surface area contributed by atoms with Gasteiger partial charge in [-0.05, 0) is 25.3 Å². The van der Waals surface area contributed by atoms with Gasteiger partial charge in [0.15, 0.2) is 22.8 Å². The van der Waals surface area contributed by atoms with Gasteiger partial charge in [-0.3, -0.25) is 4.79 Å². The quantitative estimate of drug-likeness (QED) is 0.464. The SMILES string of the molecule is CS/C(=N\C#N)N1CCN(C(=O)C(C)Oc2cccc(F)c2F)CC1. The summed E-state index contributed by atoms with van der Waals surface area (Å²) in [6.45, 7) is 3.44. The van der Waals surface area contributed by atoms with Crippen LogP contribution in [-0.2, 0) is 4.79 Å². The van der Waals surface area contributed by atoms with Crippen molar-refractivity contribution in [2.24, 2.45) is 4.99 Å². The summed E-state index contributed by atoms with van der Waals surface area (Å²) < 4.78 is 32.1. The molecule has 0 spiro atoms. The molecule has 2 rings (SSSR count). The summed E-state index contributed by atoms with van der Waals surface area (Å²) in [7, 11) is 0. The lowest BCUT2D eigenvalue weighted by Gasteiger charge is -2.36. The van der Waals surface area contributed by atoms with Crippen molar-refractivity contribution in [3.05, 3.63) is 29.8 Å². The molecular weight excluding hydrogens is 350 g/mol. The van der Waals surface area contributed by atoms with Gasteiger partial charge < -0.3 is 14.5 Å². The fourth-order valence-corrected chi connectivity index (χ4v) is 3.05. The second-order valence-corrected chi connectivity index (χ2v) is 6.10. The van der Waals surface area contributed by atoms with Gasteiger partial charge in [0, 0.05) is 26.2 Å². The third kappa shape index (κ3) is 4.60. The summed E-state index contributed by atoms with van der Waals surface area (Å²) in [5.74, 6) is -2.71. The van der Waals surface area contributed by atoms with Gasteiger partial charge in [0.05, 0.1) is 0 Å². The molecule has 1 fully saturated rings. The second-order valence-electron chi connectivity index (χ2n) is 5.32. The zero-order valence-electron chi connectivity index (χ0n) is 13.9. The van der Waals surface area contributed by atoms with Gasteiger partial charge in [0.25, 0.3) is 5.91 Å². The lowest BCUT2D eigenvalue weighted by molar-refractivity contribution is -0.139. The zero-order valence-corrected chi connectivity index (χ0v) is 14.7. The molecule has 9 heteroatoms. The van der Waals surface area contributed by atoms with E-state index in [0.717, 1.165) is 6.07 Å². The van der Waals surface area contributed by atoms with E-state index in [9.17, 15) is 13.6 Å². The van der Waals surface area contributed by atoms with Gasteiger partial charge in [0.1, 0.15) is 0 Å². The number of benzene rings is 1. The number of hydrogen-bond donors (Lipinski definition) is 0. The van der Waals surface area contributed by atoms with Crippen molar-refractivity contribution in [2.75, 3.05) is 32.4 Å². The van der Waals surface area contributed by atoms with E-state index in [1.807, 2.05) is 11.2 Å². The van der Waals surface area contributed by atoms with E-state index in [2.05, 4.69) is 4.99 Å². The maximum Gasteiger partial charge on any atom is 0.263 e. The van der Waals surface area contributed by atoms with E-state index >= 15 is 0 Å². The number of thioether (sulfide) groups is 1. The van der Waals surface area contributed by atoms with Crippen LogP contribution >= 0.6 is 11.8 Å². The topological polar surface area (TPSA) is 68.9 Å². The Bertz CT molecular complexity index is 700. The van der Waals surface area contributed by atoms with E-state index in [0.29, 0.717) is 31.3 Å². The lowest BCUT2D eigenvalue weighted by atomic mass is 10.2. The van der Waals surface area contributed by atoms with Crippen LogP contribution in [0.5, 0.6) is 5.75 Å². The highest BCUT2D eigenvalue weighted by molar-refractivity contribution is 8.13. The zero-order chi connectivity index (χ0) is 18.4. The predicted octanol–water partition coefficient (Wildman–Crippen LogP) is 2.08. The number of carbonyl (C=O) groups is 1. The highest BCUT2D eigenvalue weighted by Crippen LogP contribution is 2.21. The van der Waals surface area contributed by atoms with Crippen LogP contribution in [0.1, 0.15) is 6.92 Å². The first-order valence-electron chi connectivity index (χ1n) is 7.63. The molecular formula is C16H18F2N4O2S. The van der Waals surface area contributed by atoms with Gasteiger partial charge in [-0.1, -0.05) is 17.8 Å². The molecule has 1 aromatic carbocycles. The van der Waals surface area contributed by atoms with Crippen LogP contribution in [0.15, 0.2) is 23.2 Å². The smallest absolute Gasteiger partial charge is 0.263 e. The maximum atomic E-state index is 13.6. The Morgan fingerprint density at radius 1 is 1.32 bits per heavy atom. The van der Waals surface area contributed by atoms with Crippen molar-refractivity contribution in [2.45, 2.75) is 13.0 Å². The molecule has 1 aliphatic rings. The third-order valence-electron chi connectivity index (χ3n) is 3.76. The summed E-state index contributed by atoms with van der Waals surface area (Å²) in [6.07, 6.45) is 2.66. The molecule has 0 N–H and O–H groups in total. The number of ether oxygens (including phenoxy) is 1. The Balaban J connectivity index is 1.95. The van der Waals surface area contributed by atoms with Crippen LogP contribution in [-0.4, -0.2) is 59.4 Å². The van der Waals surface area contributed by atoms with E-state index in [1.165, 1.54) is 30.8 Å². The van der Waals surface area contributed by atoms with Crippen molar-refractivity contribution in [3.63, 3.8) is 0 Å². The highest BCUT2D eigenvalue weighted by atomic mass is 32.2. The maximum absolute atomic E-state index is 13.6. The molecule has 1 amide bonds. The molecule has 134 valence electrons. The molecule has 1 atom stereocenters. The van der Waals surface area contributed by atoms with Crippen LogP contribution in [0, 0.1) is 23.1 Å². The molecule has 1 unspecified atom stereocenters. The Morgan fingerprint density at radius 2 is 1.96 bits per heavy atom. The number of amides is 1. The molecule has 6 nitrogen and oxygen atoms in total. The highest BCUT2D eigenvalue weighted by Gasteiger charge is 2.28. The summed E-state index contributed by atoms with van der Waals surface area (Å²) in [4.78, 5) is 19.7. The minimum atomic E-state index is -1.11. The van der Waals surface area contributed by atoms with Crippen LogP contribution in [0.2, 0.25) is 0 Å². The Morgan fingerprint density at radius 3 is 2.56 bits per heavy atom. The van der Waals surface area contributed by atoms with Gasteiger partial charge in [-0.25, -0.2) is 4.39 Å². The fourth-order valence-electron chi connectivity index (χ4n) is 2.48. The molecule has 0 bridgehead atoms. The molecule has 1 saturated heterocycles. The largest absolute Gasteiger partial charge is 0.478 e. The van der Waals surface area contributed by atoms with Crippen molar-refractivity contribution in [1.82, 2.24) is 9.80 Å². The average Bonchev–Trinajstić information content (AvgIpc) is 2.63. The minimum absolute atomic E-state index is 0.287. The molecule has 0 radical (unpaired) electrons. The number of nitriles is 1. The first-order chi connectivity index (χ1) is 12.0. The molecule has 1 heterocycles. The Labute approximate surface area is 149 Å². The molecule has 1 aliphatic heterocycles. The number of hydrogen-bond acceptors (Lipinski definition) is 5. The molecule has 0 aromatic heterocycles. The Kier molecular flexibility index (Phi) is 6.58. The number of halogens is 2. The molecule has 25 heavy (non-hydrogen) atoms. The number of aliphatic imine (C=N–C) groups is 1. The van der Waals surface area contributed by atoms with Crippen molar-refractivity contribution in [3.8, 4) is 11.9 Å². The minimum Gasteiger partial charge on any atom is -0.478 e. The monoisotopic (exact) mass is 368 g/mol. The van der Waals surface area contributed by atoms with Crippen molar-refractivity contribution >= 4 is 22.8 Å². The summed E-state index contributed by atoms with van der Waals surface area (Å²) in [5, 5.41) is 9.29. The standard InChI is InChI=1S/C16H18F2N4O2S/c1-11(24-13-5-3-4-12(17)14(13)18)15(23)21-6-8-22(9-7-21)16(25-2)20-10-19/h3-5,11H,6-9H2,1-2H3/b20-16-. The number of amidine groups is 1. The van der Waals surface area contributed by atoms with Crippen LogP contribution in [0.4, 0.5) is 8.78 Å². The average molecular weight is 368 g/mol. The van der Waals surface area contributed by atoms with Crippen LogP contribution in [0.3, 0.4) is 0 Å². The summed E-state index contributed by atoms with van der Waals surface area (Å²) >= 11 is 1.37. The van der Waals surface area contributed by atoms with E-state index in [-0.39, 0.29) is 11.7 Å². The fraction of sp³-hybridized carbons (Fsp3) is 0.438. The first-order valence-corrected chi connectivity index (χ1v) is 8.85. The molecule has 0 saturated carbocycles. The molecule has 1 aromatic rings. The predicted molar refractivity (Wildman–Crippen MR) is 91.2 cm³/mol. The summed E-state index contributed by atoms with van der Waals surface area (Å²) in [5.41, 5.74) is 0. The van der Waals surface area contributed by atoms with Gasteiger partial charge in [-0.15, -0.1) is 4.99 Å². The van der Waals surface area contributed by atoms with Crippen LogP contribution in [0.25, 0.3) is 0 Å². The van der Waals surface area contributed by atoms with Crippen LogP contribution < -0.4 is 4.74 Å². The van der Waals surface area contributed by atoms with E-state index < -0.39 is 17.7 Å². The van der Waals surface area contributed by atoms with Gasteiger partial charge in [-0.2, -0.15) is 9.65 Å². The molecule has 0 aliphatic carbocycles. The number of rotatable bonds is 3. The summed E-state index contributed by atoms with van der Waals surface area (Å²) in [6, 6.07) is 3.59. The van der Waals surface area contributed by atoms with E-state index in [1.54, 1.807) is 11.1 Å². The number of nitrogens with zero attached hydrogens (tertiary/aromatic N) is 4. The number of carbonyl (C=O) groups excluding carboxylic acids is 1. The van der Waals surface area contributed by atoms with Gasteiger partial charge in [0.2, 0.25) is 12.0 Å². The Hall–Kier alpha value is -2.34. The first kappa shape index (κ1) is 19.0. The van der Waals surface area contributed by atoms with E-state index in [4.69, 9.17) is 10.00 Å². The van der Waals surface area contributed by atoms with Crippen molar-refractivity contribution in [1.29, 1.82) is 5.26 Å². The van der Waals surface area contributed by atoms with Crippen molar-refractivity contribution < 1.29 is 18.3 Å². The third-order valence-corrected chi connectivity index (χ3v) is 4.47. The lowest BCUT2D eigenvalue weighted by Crippen LogP contribution is -2.52. The second kappa shape index (κ2) is 8.67. The van der Waals surface area contributed by atoms with Gasteiger partial charge >= 0.3 is 0 Å².